The number of anilines is 1. The van der Waals surface area contributed by atoms with E-state index in [1.807, 2.05) is 0 Å². The Morgan fingerprint density at radius 1 is 1.33 bits per heavy atom. The van der Waals surface area contributed by atoms with E-state index in [2.05, 4.69) is 14.8 Å². The van der Waals surface area contributed by atoms with Crippen LogP contribution in [0.4, 0.5) is 11.4 Å². The average Bonchev–Trinajstić information content (AvgIpc) is 2.45. The van der Waals surface area contributed by atoms with E-state index < -0.39 is 16.9 Å². The van der Waals surface area contributed by atoms with Crippen molar-refractivity contribution in [1.29, 1.82) is 0 Å². The van der Waals surface area contributed by atoms with Crippen molar-refractivity contribution in [3.05, 3.63) is 45.1 Å². The zero-order chi connectivity index (χ0) is 16.0. The monoisotopic (exact) mass is 314 g/mol. The molecule has 9 heteroatoms. The standard InChI is InChI=1S/C12H11ClN2O6/c1-20-11(16)6-9(12(17)21-2)14-7-3-4-10(15(18)19)8(13)5-7/h3-6,14H,1-2H3/b9-6+. The molecule has 0 heterocycles. The van der Waals surface area contributed by atoms with E-state index in [9.17, 15) is 19.7 Å². The molecule has 0 bridgehead atoms. The van der Waals surface area contributed by atoms with Crippen molar-refractivity contribution in [2.75, 3.05) is 19.5 Å². The van der Waals surface area contributed by atoms with Gasteiger partial charge in [0.1, 0.15) is 10.7 Å². The number of carbonyl (C=O) groups excluding carboxylic acids is 2. The van der Waals surface area contributed by atoms with Crippen LogP contribution in [0.1, 0.15) is 0 Å². The van der Waals surface area contributed by atoms with E-state index in [1.165, 1.54) is 12.1 Å². The molecule has 0 unspecified atom stereocenters. The molecule has 0 saturated carbocycles. The summed E-state index contributed by atoms with van der Waals surface area (Å²) in [4.78, 5) is 32.7. The van der Waals surface area contributed by atoms with Gasteiger partial charge in [0, 0.05) is 11.8 Å². The topological polar surface area (TPSA) is 108 Å². The van der Waals surface area contributed by atoms with Gasteiger partial charge in [0.2, 0.25) is 0 Å². The number of methoxy groups -OCH3 is 2. The predicted molar refractivity (Wildman–Crippen MR) is 73.8 cm³/mol. The van der Waals surface area contributed by atoms with Crippen molar-refractivity contribution < 1.29 is 24.0 Å². The molecule has 21 heavy (non-hydrogen) atoms. The van der Waals surface area contributed by atoms with E-state index in [1.54, 1.807) is 0 Å². The van der Waals surface area contributed by atoms with Gasteiger partial charge < -0.3 is 14.8 Å². The number of benzene rings is 1. The number of hydrogen-bond acceptors (Lipinski definition) is 7. The molecule has 0 radical (unpaired) electrons. The lowest BCUT2D eigenvalue weighted by Crippen LogP contribution is -2.15. The molecule has 1 aromatic rings. The lowest BCUT2D eigenvalue weighted by Gasteiger charge is -2.09. The summed E-state index contributed by atoms with van der Waals surface area (Å²) >= 11 is 5.75. The third-order valence-electron chi connectivity index (χ3n) is 2.29. The number of halogens is 1. The van der Waals surface area contributed by atoms with E-state index in [4.69, 9.17) is 11.6 Å². The molecule has 0 amide bonds. The van der Waals surface area contributed by atoms with Gasteiger partial charge in [-0.2, -0.15) is 0 Å². The van der Waals surface area contributed by atoms with Crippen LogP contribution < -0.4 is 5.32 Å². The molecule has 0 saturated heterocycles. The van der Waals surface area contributed by atoms with E-state index >= 15 is 0 Å². The molecule has 0 aliphatic rings. The van der Waals surface area contributed by atoms with Crippen LogP contribution in [0.2, 0.25) is 5.02 Å². The fraction of sp³-hybridized carbons (Fsp3) is 0.167. The van der Waals surface area contributed by atoms with Crippen molar-refractivity contribution in [1.82, 2.24) is 0 Å². The highest BCUT2D eigenvalue weighted by Crippen LogP contribution is 2.27. The number of nitro groups is 1. The van der Waals surface area contributed by atoms with Gasteiger partial charge in [-0.05, 0) is 12.1 Å². The minimum absolute atomic E-state index is 0.118. The summed E-state index contributed by atoms with van der Waals surface area (Å²) in [5.41, 5.74) is -0.209. The molecule has 0 fully saturated rings. The second kappa shape index (κ2) is 7.25. The lowest BCUT2D eigenvalue weighted by atomic mass is 10.2. The summed E-state index contributed by atoms with van der Waals surface area (Å²) in [5, 5.41) is 13.1. The lowest BCUT2D eigenvalue weighted by molar-refractivity contribution is -0.384. The highest BCUT2D eigenvalue weighted by atomic mass is 35.5. The number of nitrogens with one attached hydrogen (secondary N) is 1. The first-order chi connectivity index (χ1) is 9.88. The van der Waals surface area contributed by atoms with Gasteiger partial charge in [-0.15, -0.1) is 0 Å². The third-order valence-corrected chi connectivity index (χ3v) is 2.59. The summed E-state index contributed by atoms with van der Waals surface area (Å²) in [6.07, 6.45) is 0.890. The molecule has 112 valence electrons. The van der Waals surface area contributed by atoms with Crippen LogP contribution in [0.5, 0.6) is 0 Å². The van der Waals surface area contributed by atoms with Crippen molar-refractivity contribution in [2.24, 2.45) is 0 Å². The first kappa shape index (κ1) is 16.4. The second-order valence-corrected chi connectivity index (χ2v) is 4.03. The van der Waals surface area contributed by atoms with Gasteiger partial charge in [0.05, 0.1) is 25.2 Å². The van der Waals surface area contributed by atoms with Crippen LogP contribution in [-0.4, -0.2) is 31.1 Å². The molecule has 0 aliphatic carbocycles. The zero-order valence-corrected chi connectivity index (χ0v) is 11.8. The van der Waals surface area contributed by atoms with Crippen LogP contribution in [0, 0.1) is 10.1 Å². The Balaban J connectivity index is 3.07. The molecule has 0 aliphatic heterocycles. The van der Waals surface area contributed by atoms with E-state index in [0.717, 1.165) is 26.4 Å². The Bertz CT molecular complexity index is 614. The zero-order valence-electron chi connectivity index (χ0n) is 11.1. The first-order valence-corrected chi connectivity index (χ1v) is 5.85. The Morgan fingerprint density at radius 3 is 2.48 bits per heavy atom. The Labute approximate surface area is 124 Å². The molecular weight excluding hydrogens is 304 g/mol. The smallest absolute Gasteiger partial charge is 0.354 e. The number of nitrogens with zero attached hydrogens (tertiary/aromatic N) is 1. The van der Waals surface area contributed by atoms with Crippen LogP contribution in [-0.2, 0) is 19.1 Å². The summed E-state index contributed by atoms with van der Waals surface area (Å²) in [6, 6.07) is 3.74. The van der Waals surface area contributed by atoms with Gasteiger partial charge in [0.15, 0.2) is 0 Å². The maximum atomic E-state index is 11.5. The largest absolute Gasteiger partial charge is 0.466 e. The fourth-order valence-electron chi connectivity index (χ4n) is 1.32. The molecule has 1 rings (SSSR count). The highest BCUT2D eigenvalue weighted by molar-refractivity contribution is 6.33. The van der Waals surface area contributed by atoms with Gasteiger partial charge in [-0.25, -0.2) is 9.59 Å². The van der Waals surface area contributed by atoms with Crippen LogP contribution in [0.3, 0.4) is 0 Å². The number of rotatable bonds is 5. The minimum Gasteiger partial charge on any atom is -0.466 e. The SMILES string of the molecule is COC(=O)/C=C(/Nc1ccc([N+](=O)[O-])c(Cl)c1)C(=O)OC. The number of carbonyl (C=O) groups is 2. The number of ether oxygens (including phenoxy) is 2. The van der Waals surface area contributed by atoms with Gasteiger partial charge >= 0.3 is 11.9 Å². The summed E-state index contributed by atoms with van der Waals surface area (Å²) in [6.45, 7) is 0. The van der Waals surface area contributed by atoms with Gasteiger partial charge in [-0.3, -0.25) is 10.1 Å². The molecule has 1 N–H and O–H groups in total. The highest BCUT2D eigenvalue weighted by Gasteiger charge is 2.16. The summed E-state index contributed by atoms with van der Waals surface area (Å²) in [5.74, 6) is -1.58. The van der Waals surface area contributed by atoms with E-state index in [-0.39, 0.29) is 22.1 Å². The van der Waals surface area contributed by atoms with Gasteiger partial charge in [0.25, 0.3) is 5.69 Å². The average molecular weight is 315 g/mol. The number of hydrogen-bond donors (Lipinski definition) is 1. The number of nitro benzene ring substituents is 1. The van der Waals surface area contributed by atoms with Gasteiger partial charge in [-0.1, -0.05) is 11.6 Å². The van der Waals surface area contributed by atoms with Crippen molar-refractivity contribution in [3.63, 3.8) is 0 Å². The normalized spacial score (nSPS) is 10.7. The Kier molecular flexibility index (Phi) is 5.67. The summed E-state index contributed by atoms with van der Waals surface area (Å²) < 4.78 is 8.91. The fourth-order valence-corrected chi connectivity index (χ4v) is 1.57. The van der Waals surface area contributed by atoms with Crippen molar-refractivity contribution >= 4 is 34.9 Å². The maximum Gasteiger partial charge on any atom is 0.354 e. The molecular formula is C12H11ClN2O6. The predicted octanol–water partition coefficient (Wildman–Crippen LogP) is 1.89. The molecule has 8 nitrogen and oxygen atoms in total. The molecule has 1 aromatic carbocycles. The van der Waals surface area contributed by atoms with Crippen molar-refractivity contribution in [3.8, 4) is 0 Å². The first-order valence-electron chi connectivity index (χ1n) is 5.48. The second-order valence-electron chi connectivity index (χ2n) is 3.62. The maximum absolute atomic E-state index is 11.5. The minimum atomic E-state index is -0.810. The van der Waals surface area contributed by atoms with Crippen LogP contribution >= 0.6 is 11.6 Å². The Morgan fingerprint density at radius 2 is 2.00 bits per heavy atom. The van der Waals surface area contributed by atoms with Crippen molar-refractivity contribution in [2.45, 2.75) is 0 Å². The summed E-state index contributed by atoms with van der Waals surface area (Å²) in [7, 11) is 2.29. The molecule has 0 aromatic heterocycles. The molecule has 0 atom stereocenters. The Hall–Kier alpha value is -2.61. The quantitative estimate of drug-likeness (QED) is 0.382. The van der Waals surface area contributed by atoms with E-state index in [0.29, 0.717) is 0 Å². The third kappa shape index (κ3) is 4.46. The van der Waals surface area contributed by atoms with Crippen LogP contribution in [0.25, 0.3) is 0 Å². The van der Waals surface area contributed by atoms with Crippen LogP contribution in [0.15, 0.2) is 30.0 Å². The number of esters is 2. The molecule has 0 spiro atoms.